The highest BCUT2D eigenvalue weighted by Crippen LogP contribution is 2.34. The Bertz CT molecular complexity index is 960. The summed E-state index contributed by atoms with van der Waals surface area (Å²) in [5, 5.41) is 153. The van der Waals surface area contributed by atoms with E-state index in [-0.39, 0.29) is 0 Å². The van der Waals surface area contributed by atoms with E-state index in [0.29, 0.717) is 0 Å². The van der Waals surface area contributed by atoms with Gasteiger partial charge in [-0.1, -0.05) is 0 Å². The van der Waals surface area contributed by atoms with E-state index in [4.69, 9.17) is 33.2 Å². The minimum Gasteiger partial charge on any atom is -0.394 e. The number of hydrogen-bond donors (Lipinski definition) is 15. The quantitative estimate of drug-likeness (QED) is 0.0953. The summed E-state index contributed by atoms with van der Waals surface area (Å²) in [5.41, 5.74) is 0. The van der Waals surface area contributed by atoms with Crippen molar-refractivity contribution < 1.29 is 110 Å². The SMILES string of the molecule is OC[C@H](O)[C@H]1O[C@H](O)[C@@H](O)[C@@H](O)[C@@H]1O[C@@H]1O[C@H](CO)[C@@H](O[C@@H]2O[C@H](CO)[C@@H](O[C@@H]3O[C@H](CO)[C@H](O)[C@H](O)[C@H]3O)[C@H](O)[C@H]2O)[C@H](O)[C@H]1O. The molecule has 4 fully saturated rings. The third kappa shape index (κ3) is 7.89. The molecule has 0 spiro atoms. The summed E-state index contributed by atoms with van der Waals surface area (Å²) in [7, 11) is 0. The van der Waals surface area contributed by atoms with Gasteiger partial charge in [-0.25, -0.2) is 0 Å². The Balaban J connectivity index is 1.45. The van der Waals surface area contributed by atoms with Gasteiger partial charge in [0.1, 0.15) is 104 Å². The molecule has 4 saturated heterocycles. The van der Waals surface area contributed by atoms with Crippen molar-refractivity contribution in [1.82, 2.24) is 0 Å². The van der Waals surface area contributed by atoms with Crippen LogP contribution in [0.3, 0.4) is 0 Å². The lowest BCUT2D eigenvalue weighted by Crippen LogP contribution is -2.68. The normalized spacial score (nSPS) is 51.9. The fourth-order valence-corrected chi connectivity index (χ4v) is 5.76. The molecule has 4 rings (SSSR count). The number of aliphatic hydroxyl groups excluding tert-OH is 15. The van der Waals surface area contributed by atoms with E-state index in [1.54, 1.807) is 0 Å². The molecule has 4 aliphatic rings. The van der Waals surface area contributed by atoms with Crippen molar-refractivity contribution in [3.63, 3.8) is 0 Å². The van der Waals surface area contributed by atoms with E-state index in [0.717, 1.165) is 0 Å². The van der Waals surface area contributed by atoms with Crippen LogP contribution in [0, 0.1) is 0 Å². The highest BCUT2D eigenvalue weighted by Gasteiger charge is 2.55. The lowest BCUT2D eigenvalue weighted by molar-refractivity contribution is -0.389. The largest absolute Gasteiger partial charge is 0.394 e. The second-order valence-electron chi connectivity index (χ2n) is 11.6. The van der Waals surface area contributed by atoms with Crippen molar-refractivity contribution in [2.45, 2.75) is 129 Å². The first-order chi connectivity index (χ1) is 22.2. The molecular formula is C25H44O22. The first-order valence-electron chi connectivity index (χ1n) is 14.7. The summed E-state index contributed by atoms with van der Waals surface area (Å²) in [6.07, 6.45) is -38.4. The van der Waals surface area contributed by atoms with E-state index >= 15 is 0 Å². The van der Waals surface area contributed by atoms with E-state index in [1.807, 2.05) is 0 Å². The van der Waals surface area contributed by atoms with Gasteiger partial charge in [-0.3, -0.25) is 0 Å². The van der Waals surface area contributed by atoms with E-state index in [2.05, 4.69) is 0 Å². The summed E-state index contributed by atoms with van der Waals surface area (Å²) >= 11 is 0. The van der Waals surface area contributed by atoms with Crippen LogP contribution in [-0.2, 0) is 33.2 Å². The zero-order valence-corrected chi connectivity index (χ0v) is 24.5. The first-order valence-corrected chi connectivity index (χ1v) is 14.7. The van der Waals surface area contributed by atoms with Crippen molar-refractivity contribution in [2.24, 2.45) is 0 Å². The zero-order valence-electron chi connectivity index (χ0n) is 24.5. The third-order valence-electron chi connectivity index (χ3n) is 8.53. The molecule has 0 amide bonds. The van der Waals surface area contributed by atoms with Crippen LogP contribution in [0.1, 0.15) is 0 Å². The van der Waals surface area contributed by atoms with Crippen LogP contribution in [0.4, 0.5) is 0 Å². The van der Waals surface area contributed by atoms with Crippen LogP contribution in [0.25, 0.3) is 0 Å². The molecule has 21 atom stereocenters. The molecule has 4 aliphatic heterocycles. The molecule has 4 heterocycles. The van der Waals surface area contributed by atoms with Gasteiger partial charge >= 0.3 is 0 Å². The Hall–Kier alpha value is -0.880. The van der Waals surface area contributed by atoms with Gasteiger partial charge in [0.05, 0.1) is 26.4 Å². The van der Waals surface area contributed by atoms with Crippen molar-refractivity contribution in [3.05, 3.63) is 0 Å². The Labute approximate surface area is 265 Å². The molecule has 22 heteroatoms. The van der Waals surface area contributed by atoms with Gasteiger partial charge in [0.25, 0.3) is 0 Å². The minimum absolute atomic E-state index is 0.794. The number of aliphatic hydroxyl groups is 15. The lowest BCUT2D eigenvalue weighted by Gasteiger charge is -2.49. The molecule has 47 heavy (non-hydrogen) atoms. The van der Waals surface area contributed by atoms with Crippen LogP contribution in [-0.4, -0.2) is 232 Å². The fourth-order valence-electron chi connectivity index (χ4n) is 5.76. The Morgan fingerprint density at radius 3 is 1.23 bits per heavy atom. The second kappa shape index (κ2) is 16.4. The van der Waals surface area contributed by atoms with Crippen LogP contribution < -0.4 is 0 Å². The standard InChI is InChI=1S/C25H44O22/c26-1-5(30)18-21(11(33)14(36)22(40)44-18)47-25-17(39)13(35)20(8(4-29)43-25)46-24-16(38)12(34)19(7(3-28)42-24)45-23-15(37)10(32)9(31)6(2-27)41-23/h5-40H,1-4H2/t5-,6+,7+,8+,9-,10-,11+,12+,13+,14-,15+,16+,17+,18+,19+,20+,21-,22-,23-,24-,25-/m0/s1. The fraction of sp³-hybridized carbons (Fsp3) is 1.00. The van der Waals surface area contributed by atoms with Crippen molar-refractivity contribution in [3.8, 4) is 0 Å². The van der Waals surface area contributed by atoms with Gasteiger partial charge in [-0.15, -0.1) is 0 Å². The predicted octanol–water partition coefficient (Wildman–Crippen LogP) is -10.4. The smallest absolute Gasteiger partial charge is 0.187 e. The summed E-state index contributed by atoms with van der Waals surface area (Å²) < 4.78 is 37.8. The molecule has 0 aromatic carbocycles. The highest BCUT2D eigenvalue weighted by atomic mass is 16.8. The van der Waals surface area contributed by atoms with Gasteiger partial charge in [-0.2, -0.15) is 0 Å². The molecule has 0 saturated carbocycles. The number of rotatable bonds is 11. The molecular weight excluding hydrogens is 652 g/mol. The van der Waals surface area contributed by atoms with Gasteiger partial charge in [0.15, 0.2) is 25.2 Å². The van der Waals surface area contributed by atoms with Gasteiger partial charge in [0.2, 0.25) is 0 Å². The van der Waals surface area contributed by atoms with Crippen LogP contribution in [0.15, 0.2) is 0 Å². The minimum atomic E-state index is -2.08. The zero-order chi connectivity index (χ0) is 34.9. The lowest BCUT2D eigenvalue weighted by atomic mass is 9.94. The van der Waals surface area contributed by atoms with Crippen molar-refractivity contribution in [2.75, 3.05) is 26.4 Å². The first kappa shape index (κ1) is 38.9. The van der Waals surface area contributed by atoms with Crippen LogP contribution >= 0.6 is 0 Å². The summed E-state index contributed by atoms with van der Waals surface area (Å²) in [4.78, 5) is 0. The molecule has 22 nitrogen and oxygen atoms in total. The molecule has 276 valence electrons. The van der Waals surface area contributed by atoms with Crippen LogP contribution in [0.2, 0.25) is 0 Å². The maximum atomic E-state index is 10.9. The van der Waals surface area contributed by atoms with Gasteiger partial charge in [-0.05, 0) is 0 Å². The van der Waals surface area contributed by atoms with Crippen molar-refractivity contribution in [1.29, 1.82) is 0 Å². The topological polar surface area (TPSA) is 368 Å². The van der Waals surface area contributed by atoms with E-state index in [1.165, 1.54) is 0 Å². The molecule has 0 aromatic rings. The number of hydrogen-bond acceptors (Lipinski definition) is 22. The van der Waals surface area contributed by atoms with E-state index in [9.17, 15) is 76.6 Å². The third-order valence-corrected chi connectivity index (χ3v) is 8.53. The summed E-state index contributed by atoms with van der Waals surface area (Å²) in [6, 6.07) is 0. The Morgan fingerprint density at radius 1 is 0.426 bits per heavy atom. The maximum Gasteiger partial charge on any atom is 0.187 e. The highest BCUT2D eigenvalue weighted by molar-refractivity contribution is 4.98. The van der Waals surface area contributed by atoms with E-state index < -0.39 is 155 Å². The maximum absolute atomic E-state index is 10.9. The monoisotopic (exact) mass is 696 g/mol. The second-order valence-corrected chi connectivity index (χ2v) is 11.6. The number of ether oxygens (including phenoxy) is 7. The van der Waals surface area contributed by atoms with Gasteiger partial charge in [0, 0.05) is 0 Å². The summed E-state index contributed by atoms with van der Waals surface area (Å²) in [6.45, 7) is -3.59. The molecule has 0 aliphatic carbocycles. The Morgan fingerprint density at radius 2 is 0.809 bits per heavy atom. The molecule has 15 N–H and O–H groups in total. The van der Waals surface area contributed by atoms with Crippen molar-refractivity contribution >= 4 is 0 Å². The molecule has 0 unspecified atom stereocenters. The molecule has 0 aromatic heterocycles. The van der Waals surface area contributed by atoms with Gasteiger partial charge < -0.3 is 110 Å². The average molecular weight is 697 g/mol. The molecule has 0 bridgehead atoms. The summed E-state index contributed by atoms with van der Waals surface area (Å²) in [5.74, 6) is 0. The van der Waals surface area contributed by atoms with Crippen LogP contribution in [0.5, 0.6) is 0 Å². The Kier molecular flexibility index (Phi) is 13.6. The average Bonchev–Trinajstić information content (AvgIpc) is 3.06. The predicted molar refractivity (Wildman–Crippen MR) is 140 cm³/mol. The molecule has 0 radical (unpaired) electrons.